The first kappa shape index (κ1) is 10.4. The smallest absolute Gasteiger partial charge is 0.248 e. The second kappa shape index (κ2) is 3.81. The quantitative estimate of drug-likeness (QED) is 0.830. The predicted octanol–water partition coefficient (Wildman–Crippen LogP) is 1.65. The van der Waals surface area contributed by atoms with Crippen LogP contribution in [0.5, 0.6) is 5.75 Å². The Labute approximate surface area is 93.0 Å². The summed E-state index contributed by atoms with van der Waals surface area (Å²) in [5, 5.41) is 0.873. The summed E-state index contributed by atoms with van der Waals surface area (Å²) in [5.74, 6) is 0.294. The molecule has 2 N–H and O–H groups in total. The van der Waals surface area contributed by atoms with E-state index in [1.807, 2.05) is 13.0 Å². The van der Waals surface area contributed by atoms with Crippen LogP contribution in [0.1, 0.15) is 16.1 Å². The van der Waals surface area contributed by atoms with Gasteiger partial charge in [-0.1, -0.05) is 0 Å². The molecule has 0 aliphatic carbocycles. The van der Waals surface area contributed by atoms with Crippen molar-refractivity contribution in [1.82, 2.24) is 4.98 Å². The highest BCUT2D eigenvalue weighted by Crippen LogP contribution is 2.25. The lowest BCUT2D eigenvalue weighted by atomic mass is 10.1. The van der Waals surface area contributed by atoms with Gasteiger partial charge in [-0.05, 0) is 25.1 Å². The lowest BCUT2D eigenvalue weighted by molar-refractivity contribution is 0.100. The molecule has 0 unspecified atom stereocenters. The molecule has 0 saturated carbocycles. The molecule has 0 radical (unpaired) electrons. The van der Waals surface area contributed by atoms with E-state index in [4.69, 9.17) is 10.5 Å². The van der Waals surface area contributed by atoms with Gasteiger partial charge in [0.15, 0.2) is 0 Å². The number of methoxy groups -OCH3 is 1. The lowest BCUT2D eigenvalue weighted by Crippen LogP contribution is -2.10. The fraction of sp³-hybridized carbons (Fsp3) is 0.167. The molecular weight excluding hydrogens is 204 g/mol. The summed E-state index contributed by atoms with van der Waals surface area (Å²) in [7, 11) is 1.61. The zero-order valence-corrected chi connectivity index (χ0v) is 9.15. The number of ether oxygens (including phenoxy) is 1. The fourth-order valence-corrected chi connectivity index (χ4v) is 1.64. The summed E-state index contributed by atoms with van der Waals surface area (Å²) in [5.41, 5.74) is 7.22. The maximum atomic E-state index is 11.0. The third-order valence-corrected chi connectivity index (χ3v) is 2.40. The van der Waals surface area contributed by atoms with Gasteiger partial charge in [-0.3, -0.25) is 9.78 Å². The van der Waals surface area contributed by atoms with E-state index in [9.17, 15) is 4.79 Å². The molecule has 2 aromatic rings. The molecule has 0 aliphatic heterocycles. The summed E-state index contributed by atoms with van der Waals surface area (Å²) in [6.07, 6.45) is 0. The van der Waals surface area contributed by atoms with Crippen molar-refractivity contribution in [2.24, 2.45) is 5.73 Å². The topological polar surface area (TPSA) is 65.2 Å². The van der Waals surface area contributed by atoms with Crippen molar-refractivity contribution >= 4 is 16.8 Å². The Morgan fingerprint density at radius 2 is 2.12 bits per heavy atom. The van der Waals surface area contributed by atoms with Crippen LogP contribution in [0.2, 0.25) is 0 Å². The maximum absolute atomic E-state index is 11.0. The van der Waals surface area contributed by atoms with E-state index in [0.717, 1.165) is 16.8 Å². The second-order valence-corrected chi connectivity index (χ2v) is 3.56. The van der Waals surface area contributed by atoms with Crippen LogP contribution >= 0.6 is 0 Å². The Balaban J connectivity index is 2.74. The molecular formula is C12H12N2O2. The number of benzene rings is 1. The zero-order valence-electron chi connectivity index (χ0n) is 9.15. The van der Waals surface area contributed by atoms with Crippen LogP contribution in [0, 0.1) is 6.92 Å². The van der Waals surface area contributed by atoms with Crippen LogP contribution in [0.4, 0.5) is 0 Å². The van der Waals surface area contributed by atoms with Crippen molar-refractivity contribution in [3.8, 4) is 5.75 Å². The number of pyridine rings is 1. The molecule has 0 bridgehead atoms. The summed E-state index contributed by atoms with van der Waals surface area (Å²) >= 11 is 0. The van der Waals surface area contributed by atoms with Crippen LogP contribution in [0.25, 0.3) is 10.9 Å². The monoisotopic (exact) mass is 216 g/mol. The number of fused-ring (bicyclic) bond motifs is 1. The van der Waals surface area contributed by atoms with Crippen molar-refractivity contribution in [2.45, 2.75) is 6.92 Å². The van der Waals surface area contributed by atoms with Crippen molar-refractivity contribution in [3.63, 3.8) is 0 Å². The number of rotatable bonds is 2. The molecule has 2 rings (SSSR count). The molecule has 82 valence electrons. The number of primary amides is 1. The van der Waals surface area contributed by atoms with Gasteiger partial charge in [0.2, 0.25) is 5.91 Å². The zero-order chi connectivity index (χ0) is 11.7. The molecule has 4 nitrogen and oxygen atoms in total. The third-order valence-electron chi connectivity index (χ3n) is 2.40. The van der Waals surface area contributed by atoms with Gasteiger partial charge >= 0.3 is 0 Å². The van der Waals surface area contributed by atoms with Crippen molar-refractivity contribution < 1.29 is 9.53 Å². The van der Waals surface area contributed by atoms with Gasteiger partial charge in [-0.2, -0.15) is 0 Å². The van der Waals surface area contributed by atoms with E-state index in [1.165, 1.54) is 0 Å². The van der Waals surface area contributed by atoms with E-state index >= 15 is 0 Å². The summed E-state index contributed by atoms with van der Waals surface area (Å²) in [6.45, 7) is 1.87. The molecule has 16 heavy (non-hydrogen) atoms. The van der Waals surface area contributed by atoms with E-state index in [0.29, 0.717) is 11.1 Å². The molecule has 0 atom stereocenters. The third kappa shape index (κ3) is 1.69. The predicted molar refractivity (Wildman–Crippen MR) is 61.5 cm³/mol. The second-order valence-electron chi connectivity index (χ2n) is 3.56. The molecule has 1 aromatic carbocycles. The summed E-state index contributed by atoms with van der Waals surface area (Å²) < 4.78 is 5.25. The number of nitrogens with zero attached hydrogens (tertiary/aromatic N) is 1. The van der Waals surface area contributed by atoms with E-state index in [2.05, 4.69) is 4.98 Å². The first-order chi connectivity index (χ1) is 7.61. The van der Waals surface area contributed by atoms with Crippen LogP contribution in [-0.4, -0.2) is 18.0 Å². The maximum Gasteiger partial charge on any atom is 0.248 e. The number of hydrogen-bond donors (Lipinski definition) is 1. The van der Waals surface area contributed by atoms with Gasteiger partial charge in [0.25, 0.3) is 0 Å². The standard InChI is InChI=1S/C12H12N2O2/c1-7-5-11(16-2)9-4-3-8(12(13)15)6-10(9)14-7/h3-6H,1-2H3,(H2,13,15). The summed E-state index contributed by atoms with van der Waals surface area (Å²) in [4.78, 5) is 15.4. The van der Waals surface area contributed by atoms with Gasteiger partial charge in [0.1, 0.15) is 5.75 Å². The number of carbonyl (C=O) groups is 1. The molecule has 1 amide bonds. The Morgan fingerprint density at radius 3 is 2.75 bits per heavy atom. The molecule has 0 aliphatic rings. The lowest BCUT2D eigenvalue weighted by Gasteiger charge is -2.07. The van der Waals surface area contributed by atoms with E-state index < -0.39 is 5.91 Å². The van der Waals surface area contributed by atoms with Crippen LogP contribution < -0.4 is 10.5 Å². The highest BCUT2D eigenvalue weighted by Gasteiger charge is 2.07. The van der Waals surface area contributed by atoms with Crippen molar-refractivity contribution in [1.29, 1.82) is 0 Å². The number of aryl methyl sites for hydroxylation is 1. The first-order valence-corrected chi connectivity index (χ1v) is 4.87. The number of hydrogen-bond acceptors (Lipinski definition) is 3. The molecule has 4 heteroatoms. The first-order valence-electron chi connectivity index (χ1n) is 4.87. The molecule has 0 saturated heterocycles. The van der Waals surface area contributed by atoms with Crippen LogP contribution in [0.15, 0.2) is 24.3 Å². The molecule has 0 spiro atoms. The Morgan fingerprint density at radius 1 is 1.38 bits per heavy atom. The van der Waals surface area contributed by atoms with E-state index in [-0.39, 0.29) is 0 Å². The van der Waals surface area contributed by atoms with Gasteiger partial charge in [0.05, 0.1) is 12.6 Å². The molecule has 1 heterocycles. The van der Waals surface area contributed by atoms with Crippen molar-refractivity contribution in [3.05, 3.63) is 35.5 Å². The van der Waals surface area contributed by atoms with Gasteiger partial charge in [0, 0.05) is 22.7 Å². The Bertz CT molecular complexity index is 564. The average Bonchev–Trinajstić information content (AvgIpc) is 2.26. The highest BCUT2D eigenvalue weighted by molar-refractivity contribution is 5.97. The van der Waals surface area contributed by atoms with Crippen molar-refractivity contribution in [2.75, 3.05) is 7.11 Å². The summed E-state index contributed by atoms with van der Waals surface area (Å²) in [6, 6.07) is 6.99. The number of carbonyl (C=O) groups excluding carboxylic acids is 1. The minimum Gasteiger partial charge on any atom is -0.496 e. The van der Waals surface area contributed by atoms with Gasteiger partial charge < -0.3 is 10.5 Å². The van der Waals surface area contributed by atoms with Crippen LogP contribution in [0.3, 0.4) is 0 Å². The minimum absolute atomic E-state index is 0.452. The number of nitrogens with two attached hydrogens (primary N) is 1. The average molecular weight is 216 g/mol. The van der Waals surface area contributed by atoms with Gasteiger partial charge in [-0.25, -0.2) is 0 Å². The molecule has 1 aromatic heterocycles. The number of aromatic nitrogens is 1. The number of amides is 1. The fourth-order valence-electron chi connectivity index (χ4n) is 1.64. The van der Waals surface area contributed by atoms with Crippen LogP contribution in [-0.2, 0) is 0 Å². The molecule has 0 fully saturated rings. The normalized spacial score (nSPS) is 10.4. The minimum atomic E-state index is -0.454. The SMILES string of the molecule is COc1cc(C)nc2cc(C(N)=O)ccc12. The Hall–Kier alpha value is -2.10. The Kier molecular flexibility index (Phi) is 2.48. The largest absolute Gasteiger partial charge is 0.496 e. The highest BCUT2D eigenvalue weighted by atomic mass is 16.5. The van der Waals surface area contributed by atoms with E-state index in [1.54, 1.807) is 25.3 Å². The van der Waals surface area contributed by atoms with Gasteiger partial charge in [-0.15, -0.1) is 0 Å².